The van der Waals surface area contributed by atoms with Gasteiger partial charge in [0, 0.05) is 12.7 Å². The molecular formula is C23H28FN3O4. The molecule has 1 N–H and O–H groups in total. The molecule has 1 aromatic carbocycles. The zero-order valence-electron chi connectivity index (χ0n) is 17.7. The molecule has 1 aromatic heterocycles. The summed E-state index contributed by atoms with van der Waals surface area (Å²) in [7, 11) is 1.41. The van der Waals surface area contributed by atoms with Gasteiger partial charge in [0.25, 0.3) is 5.91 Å². The summed E-state index contributed by atoms with van der Waals surface area (Å²) >= 11 is 0. The summed E-state index contributed by atoms with van der Waals surface area (Å²) < 4.78 is 19.1. The molecule has 1 aliphatic heterocycles. The first-order valence-corrected chi connectivity index (χ1v) is 10.7. The number of aromatic nitrogens is 1. The van der Waals surface area contributed by atoms with Gasteiger partial charge in [-0.1, -0.05) is 6.07 Å². The van der Waals surface area contributed by atoms with Crippen LogP contribution in [-0.2, 0) is 11.4 Å². The lowest BCUT2D eigenvalue weighted by Gasteiger charge is -2.26. The van der Waals surface area contributed by atoms with Crippen LogP contribution in [0, 0.1) is 11.7 Å². The highest BCUT2D eigenvalue weighted by atomic mass is 19.1. The Bertz CT molecular complexity index is 921. The SMILES string of the molecule is COc1ccc(CN(OCC2CC2)C(=O)c2cncc(N3CCCC3CO)c2)cc1F. The number of pyridine rings is 1. The van der Waals surface area contributed by atoms with Gasteiger partial charge >= 0.3 is 0 Å². The minimum Gasteiger partial charge on any atom is -0.494 e. The molecule has 1 unspecified atom stereocenters. The Morgan fingerprint density at radius 2 is 2.13 bits per heavy atom. The van der Waals surface area contributed by atoms with Crippen molar-refractivity contribution in [3.05, 3.63) is 53.6 Å². The molecule has 31 heavy (non-hydrogen) atoms. The minimum absolute atomic E-state index is 0.0386. The molecular weight excluding hydrogens is 401 g/mol. The van der Waals surface area contributed by atoms with E-state index in [0.717, 1.165) is 37.9 Å². The van der Waals surface area contributed by atoms with Crippen LogP contribution in [0.5, 0.6) is 5.75 Å². The lowest BCUT2D eigenvalue weighted by Crippen LogP contribution is -2.33. The highest BCUT2D eigenvalue weighted by molar-refractivity contribution is 5.94. The maximum Gasteiger partial charge on any atom is 0.279 e. The number of carbonyl (C=O) groups is 1. The smallest absolute Gasteiger partial charge is 0.279 e. The van der Waals surface area contributed by atoms with Crippen LogP contribution in [-0.4, -0.2) is 54.0 Å². The largest absolute Gasteiger partial charge is 0.494 e. The predicted octanol–water partition coefficient (Wildman–Crippen LogP) is 3.17. The quantitative estimate of drug-likeness (QED) is 0.617. The number of anilines is 1. The van der Waals surface area contributed by atoms with Crippen molar-refractivity contribution >= 4 is 11.6 Å². The van der Waals surface area contributed by atoms with Crippen LogP contribution in [0.15, 0.2) is 36.7 Å². The maximum absolute atomic E-state index is 14.1. The van der Waals surface area contributed by atoms with Crippen LogP contribution in [0.4, 0.5) is 10.1 Å². The lowest BCUT2D eigenvalue weighted by molar-refractivity contribution is -0.133. The number of benzene rings is 1. The average Bonchev–Trinajstić information content (AvgIpc) is 3.50. The Balaban J connectivity index is 1.54. The molecule has 2 aromatic rings. The zero-order valence-corrected chi connectivity index (χ0v) is 17.7. The normalized spacial score (nSPS) is 18.3. The number of ether oxygens (including phenoxy) is 1. The Hall–Kier alpha value is -2.71. The second-order valence-corrected chi connectivity index (χ2v) is 8.15. The third kappa shape index (κ3) is 5.14. The van der Waals surface area contributed by atoms with Gasteiger partial charge < -0.3 is 14.7 Å². The summed E-state index contributed by atoms with van der Waals surface area (Å²) in [6, 6.07) is 6.43. The van der Waals surface area contributed by atoms with Crippen LogP contribution < -0.4 is 9.64 Å². The van der Waals surface area contributed by atoms with Crippen LogP contribution in [0.25, 0.3) is 0 Å². The van der Waals surface area contributed by atoms with Crippen LogP contribution >= 0.6 is 0 Å². The Labute approximate surface area is 181 Å². The van der Waals surface area contributed by atoms with Crippen molar-refractivity contribution < 1.29 is 23.9 Å². The fourth-order valence-electron chi connectivity index (χ4n) is 3.84. The number of halogens is 1. The van der Waals surface area contributed by atoms with E-state index in [0.29, 0.717) is 23.7 Å². The van der Waals surface area contributed by atoms with Gasteiger partial charge in [-0.25, -0.2) is 9.45 Å². The number of aliphatic hydroxyl groups excluding tert-OH is 1. The number of hydrogen-bond acceptors (Lipinski definition) is 6. The van der Waals surface area contributed by atoms with Crippen molar-refractivity contribution in [2.75, 3.05) is 31.8 Å². The van der Waals surface area contributed by atoms with Crippen molar-refractivity contribution in [2.45, 2.75) is 38.3 Å². The first-order chi connectivity index (χ1) is 15.1. The molecule has 1 amide bonds. The summed E-state index contributed by atoms with van der Waals surface area (Å²) in [4.78, 5) is 25.5. The van der Waals surface area contributed by atoms with Gasteiger partial charge in [-0.2, -0.15) is 0 Å². The molecule has 2 aliphatic rings. The summed E-state index contributed by atoms with van der Waals surface area (Å²) in [6.45, 7) is 1.45. The van der Waals surface area contributed by atoms with Gasteiger partial charge in [0.05, 0.1) is 50.4 Å². The van der Waals surface area contributed by atoms with Gasteiger partial charge in [-0.15, -0.1) is 0 Å². The Morgan fingerprint density at radius 3 is 2.84 bits per heavy atom. The minimum atomic E-state index is -0.484. The number of aliphatic hydroxyl groups is 1. The zero-order chi connectivity index (χ0) is 21.8. The summed E-state index contributed by atoms with van der Waals surface area (Å²) in [5.41, 5.74) is 1.80. The average molecular weight is 429 g/mol. The third-order valence-corrected chi connectivity index (χ3v) is 5.82. The van der Waals surface area contributed by atoms with Crippen LogP contribution in [0.1, 0.15) is 41.6 Å². The van der Waals surface area contributed by atoms with Gasteiger partial charge in [-0.3, -0.25) is 14.6 Å². The lowest BCUT2D eigenvalue weighted by atomic mass is 10.2. The van der Waals surface area contributed by atoms with E-state index in [2.05, 4.69) is 9.88 Å². The number of amides is 1. The highest BCUT2D eigenvalue weighted by Gasteiger charge is 2.28. The molecule has 1 saturated heterocycles. The fraction of sp³-hybridized carbons (Fsp3) is 0.478. The highest BCUT2D eigenvalue weighted by Crippen LogP contribution is 2.30. The van der Waals surface area contributed by atoms with E-state index in [-0.39, 0.29) is 30.9 Å². The maximum atomic E-state index is 14.1. The van der Waals surface area contributed by atoms with E-state index in [1.807, 2.05) is 0 Å². The molecule has 2 heterocycles. The van der Waals surface area contributed by atoms with Gasteiger partial charge in [0.1, 0.15) is 0 Å². The van der Waals surface area contributed by atoms with E-state index in [9.17, 15) is 14.3 Å². The molecule has 7 nitrogen and oxygen atoms in total. The topological polar surface area (TPSA) is 75.1 Å². The summed E-state index contributed by atoms with van der Waals surface area (Å²) in [5, 5.41) is 10.9. The van der Waals surface area contributed by atoms with E-state index >= 15 is 0 Å². The fourth-order valence-corrected chi connectivity index (χ4v) is 3.84. The molecule has 2 fully saturated rings. The predicted molar refractivity (Wildman–Crippen MR) is 113 cm³/mol. The standard InChI is InChI=1S/C23H28FN3O4/c1-30-22-7-6-17(9-21(22)24)13-27(31-15-16-4-5-16)23(29)18-10-20(12-25-11-18)26-8-2-3-19(26)14-28/h6-7,9-12,16,19,28H,2-5,8,13-15H2,1H3. The number of rotatable bonds is 9. The van der Waals surface area contributed by atoms with E-state index < -0.39 is 5.82 Å². The first-order valence-electron chi connectivity index (χ1n) is 10.7. The van der Waals surface area contributed by atoms with Crippen molar-refractivity contribution in [1.82, 2.24) is 10.0 Å². The second-order valence-electron chi connectivity index (χ2n) is 8.15. The molecule has 8 heteroatoms. The summed E-state index contributed by atoms with van der Waals surface area (Å²) in [6.07, 6.45) is 7.30. The molecule has 166 valence electrons. The van der Waals surface area contributed by atoms with E-state index in [1.54, 1.807) is 24.4 Å². The van der Waals surface area contributed by atoms with E-state index in [4.69, 9.17) is 9.57 Å². The van der Waals surface area contributed by atoms with Gasteiger partial charge in [0.15, 0.2) is 11.6 Å². The second kappa shape index (κ2) is 9.62. The number of carbonyl (C=O) groups excluding carboxylic acids is 1. The van der Waals surface area contributed by atoms with Crippen molar-refractivity contribution in [1.29, 1.82) is 0 Å². The van der Waals surface area contributed by atoms with Crippen molar-refractivity contribution in [2.24, 2.45) is 5.92 Å². The van der Waals surface area contributed by atoms with Crippen LogP contribution in [0.2, 0.25) is 0 Å². The molecule has 1 atom stereocenters. The molecule has 0 bridgehead atoms. The monoisotopic (exact) mass is 429 g/mol. The van der Waals surface area contributed by atoms with E-state index in [1.165, 1.54) is 24.4 Å². The first kappa shape index (κ1) is 21.5. The van der Waals surface area contributed by atoms with Crippen molar-refractivity contribution in [3.63, 3.8) is 0 Å². The molecule has 0 spiro atoms. The molecule has 0 radical (unpaired) electrons. The number of methoxy groups -OCH3 is 1. The number of hydrogen-bond donors (Lipinski definition) is 1. The van der Waals surface area contributed by atoms with Gasteiger partial charge in [-0.05, 0) is 55.4 Å². The number of hydroxylamine groups is 2. The van der Waals surface area contributed by atoms with Crippen molar-refractivity contribution in [3.8, 4) is 5.75 Å². The summed E-state index contributed by atoms with van der Waals surface area (Å²) in [5.74, 6) is -0.197. The Kier molecular flexibility index (Phi) is 6.67. The Morgan fingerprint density at radius 1 is 1.29 bits per heavy atom. The number of nitrogens with zero attached hydrogens (tertiary/aromatic N) is 3. The van der Waals surface area contributed by atoms with Gasteiger partial charge in [0.2, 0.25) is 0 Å². The van der Waals surface area contributed by atoms with Crippen LogP contribution in [0.3, 0.4) is 0 Å². The molecule has 1 saturated carbocycles. The third-order valence-electron chi connectivity index (χ3n) is 5.82. The molecule has 4 rings (SSSR count). The molecule has 1 aliphatic carbocycles.